The summed E-state index contributed by atoms with van der Waals surface area (Å²) in [5, 5.41) is 8.44. The molecular weight excluding hydrogens is 406 g/mol. The number of nitrogens with one attached hydrogen (secondary N) is 3. The zero-order valence-electron chi connectivity index (χ0n) is 19.2. The van der Waals surface area contributed by atoms with Gasteiger partial charge in [0.05, 0.1) is 6.10 Å². The first-order chi connectivity index (χ1) is 15.3. The highest BCUT2D eigenvalue weighted by Gasteiger charge is 2.18. The Hall–Kier alpha value is -3.06. The van der Waals surface area contributed by atoms with Crippen molar-refractivity contribution in [3.05, 3.63) is 53.6 Å². The summed E-state index contributed by atoms with van der Waals surface area (Å²) in [7, 11) is 0. The van der Waals surface area contributed by atoms with Crippen molar-refractivity contribution in [3.8, 4) is 5.75 Å². The molecule has 0 aromatic heterocycles. The SMILES string of the molecule is Cc1ccc(C(C)C)cc1OC(C)C(=O)Nc1ccc(NC(=O)NCC2CCCO2)cc1. The third-order valence-electron chi connectivity index (χ3n) is 5.48. The van der Waals surface area contributed by atoms with E-state index in [1.165, 1.54) is 5.56 Å². The summed E-state index contributed by atoms with van der Waals surface area (Å²) in [6, 6.07) is 12.8. The van der Waals surface area contributed by atoms with Gasteiger partial charge in [-0.05, 0) is 74.1 Å². The highest BCUT2D eigenvalue weighted by atomic mass is 16.5. The summed E-state index contributed by atoms with van der Waals surface area (Å²) >= 11 is 0. The van der Waals surface area contributed by atoms with Gasteiger partial charge in [0.15, 0.2) is 6.10 Å². The molecule has 172 valence electrons. The smallest absolute Gasteiger partial charge is 0.319 e. The lowest BCUT2D eigenvalue weighted by atomic mass is 10.0. The molecule has 0 bridgehead atoms. The number of amides is 3. The molecule has 2 atom stereocenters. The average Bonchev–Trinajstić information content (AvgIpc) is 3.28. The second-order valence-corrected chi connectivity index (χ2v) is 8.48. The number of aryl methyl sites for hydroxylation is 1. The molecule has 7 heteroatoms. The normalized spacial score (nSPS) is 16.5. The number of benzene rings is 2. The minimum absolute atomic E-state index is 0.0965. The summed E-state index contributed by atoms with van der Waals surface area (Å²) < 4.78 is 11.4. The van der Waals surface area contributed by atoms with Crippen molar-refractivity contribution in [2.24, 2.45) is 0 Å². The van der Waals surface area contributed by atoms with Crippen LogP contribution in [0.1, 0.15) is 50.7 Å². The fourth-order valence-electron chi connectivity index (χ4n) is 3.41. The van der Waals surface area contributed by atoms with Crippen molar-refractivity contribution < 1.29 is 19.1 Å². The molecule has 1 aliphatic heterocycles. The van der Waals surface area contributed by atoms with Crippen LogP contribution in [0.25, 0.3) is 0 Å². The third kappa shape index (κ3) is 6.72. The van der Waals surface area contributed by atoms with Crippen molar-refractivity contribution in [1.82, 2.24) is 5.32 Å². The summed E-state index contributed by atoms with van der Waals surface area (Å²) in [6.07, 6.45) is 1.45. The van der Waals surface area contributed by atoms with Gasteiger partial charge < -0.3 is 25.4 Å². The van der Waals surface area contributed by atoms with Crippen LogP contribution in [0.2, 0.25) is 0 Å². The van der Waals surface area contributed by atoms with E-state index in [9.17, 15) is 9.59 Å². The molecule has 3 amide bonds. The maximum Gasteiger partial charge on any atom is 0.319 e. The van der Waals surface area contributed by atoms with Crippen LogP contribution in [-0.4, -0.2) is 37.3 Å². The van der Waals surface area contributed by atoms with Crippen molar-refractivity contribution in [2.45, 2.75) is 58.7 Å². The molecular formula is C25H33N3O4. The molecule has 3 N–H and O–H groups in total. The van der Waals surface area contributed by atoms with E-state index in [-0.39, 0.29) is 18.0 Å². The van der Waals surface area contributed by atoms with Crippen LogP contribution < -0.4 is 20.7 Å². The zero-order chi connectivity index (χ0) is 23.1. The van der Waals surface area contributed by atoms with Gasteiger partial charge in [0.1, 0.15) is 5.75 Å². The van der Waals surface area contributed by atoms with Crippen molar-refractivity contribution >= 4 is 23.3 Å². The van der Waals surface area contributed by atoms with E-state index in [2.05, 4.69) is 35.9 Å². The molecule has 1 fully saturated rings. The van der Waals surface area contributed by atoms with Crippen molar-refractivity contribution in [2.75, 3.05) is 23.8 Å². The van der Waals surface area contributed by atoms with Crippen LogP contribution in [0.4, 0.5) is 16.2 Å². The lowest BCUT2D eigenvalue weighted by molar-refractivity contribution is -0.122. The maximum atomic E-state index is 12.6. The molecule has 0 spiro atoms. The van der Waals surface area contributed by atoms with E-state index < -0.39 is 6.10 Å². The van der Waals surface area contributed by atoms with Crippen LogP contribution in [0.15, 0.2) is 42.5 Å². The van der Waals surface area contributed by atoms with Crippen LogP contribution >= 0.6 is 0 Å². The van der Waals surface area contributed by atoms with Gasteiger partial charge >= 0.3 is 6.03 Å². The van der Waals surface area contributed by atoms with Gasteiger partial charge in [-0.1, -0.05) is 26.0 Å². The Kier molecular flexibility index (Phi) is 8.11. The number of carbonyl (C=O) groups excluding carboxylic acids is 2. The molecule has 2 aromatic rings. The van der Waals surface area contributed by atoms with Gasteiger partial charge in [0, 0.05) is 24.5 Å². The minimum atomic E-state index is -0.655. The van der Waals surface area contributed by atoms with Crippen molar-refractivity contribution in [1.29, 1.82) is 0 Å². The standard InChI is InChI=1S/C25H33N3O4/c1-16(2)19-8-7-17(3)23(14-19)32-18(4)24(29)27-20-9-11-21(12-10-20)28-25(30)26-15-22-6-5-13-31-22/h7-12,14,16,18,22H,5-6,13,15H2,1-4H3,(H,27,29)(H2,26,28,30). The molecule has 3 rings (SSSR count). The molecule has 2 unspecified atom stereocenters. The van der Waals surface area contributed by atoms with Crippen LogP contribution in [0, 0.1) is 6.92 Å². The molecule has 1 heterocycles. The molecule has 1 aliphatic rings. The van der Waals surface area contributed by atoms with E-state index in [1.807, 2.05) is 19.1 Å². The first-order valence-electron chi connectivity index (χ1n) is 11.2. The Morgan fingerprint density at radius 1 is 1.06 bits per heavy atom. The molecule has 32 heavy (non-hydrogen) atoms. The number of rotatable bonds is 8. The van der Waals surface area contributed by atoms with Gasteiger partial charge in [-0.15, -0.1) is 0 Å². The number of anilines is 2. The Bertz CT molecular complexity index is 921. The number of ether oxygens (including phenoxy) is 2. The second-order valence-electron chi connectivity index (χ2n) is 8.48. The molecule has 1 saturated heterocycles. The van der Waals surface area contributed by atoms with E-state index >= 15 is 0 Å². The Morgan fingerprint density at radius 2 is 1.75 bits per heavy atom. The summed E-state index contributed by atoms with van der Waals surface area (Å²) in [5.74, 6) is 0.856. The first-order valence-corrected chi connectivity index (χ1v) is 11.2. The van der Waals surface area contributed by atoms with E-state index in [0.29, 0.717) is 29.6 Å². The minimum Gasteiger partial charge on any atom is -0.481 e. The fraction of sp³-hybridized carbons (Fsp3) is 0.440. The molecule has 0 saturated carbocycles. The van der Waals surface area contributed by atoms with Gasteiger partial charge in [0.2, 0.25) is 0 Å². The van der Waals surface area contributed by atoms with Gasteiger partial charge in [-0.3, -0.25) is 4.79 Å². The number of urea groups is 1. The average molecular weight is 440 g/mol. The van der Waals surface area contributed by atoms with Gasteiger partial charge in [-0.2, -0.15) is 0 Å². The summed E-state index contributed by atoms with van der Waals surface area (Å²) in [4.78, 5) is 24.6. The summed E-state index contributed by atoms with van der Waals surface area (Å²) in [6.45, 7) is 9.19. The van der Waals surface area contributed by atoms with Gasteiger partial charge in [-0.25, -0.2) is 4.79 Å². The van der Waals surface area contributed by atoms with E-state index in [4.69, 9.17) is 9.47 Å². The largest absolute Gasteiger partial charge is 0.481 e. The first kappa shape index (κ1) is 23.6. The Labute approximate surface area is 189 Å². The lowest BCUT2D eigenvalue weighted by Crippen LogP contribution is -2.35. The predicted octanol–water partition coefficient (Wildman–Crippen LogP) is 4.82. The lowest BCUT2D eigenvalue weighted by Gasteiger charge is -2.18. The number of hydrogen-bond acceptors (Lipinski definition) is 4. The van der Waals surface area contributed by atoms with E-state index in [1.54, 1.807) is 31.2 Å². The topological polar surface area (TPSA) is 88.7 Å². The third-order valence-corrected chi connectivity index (χ3v) is 5.48. The summed E-state index contributed by atoms with van der Waals surface area (Å²) in [5.41, 5.74) is 3.42. The van der Waals surface area contributed by atoms with Crippen LogP contribution in [0.5, 0.6) is 5.75 Å². The predicted molar refractivity (Wildman–Crippen MR) is 126 cm³/mol. The van der Waals surface area contributed by atoms with Crippen molar-refractivity contribution in [3.63, 3.8) is 0 Å². The zero-order valence-corrected chi connectivity index (χ0v) is 19.2. The monoisotopic (exact) mass is 439 g/mol. The number of carbonyl (C=O) groups is 2. The molecule has 7 nitrogen and oxygen atoms in total. The highest BCUT2D eigenvalue weighted by Crippen LogP contribution is 2.25. The highest BCUT2D eigenvalue weighted by molar-refractivity contribution is 5.95. The second kappa shape index (κ2) is 11.0. The van der Waals surface area contributed by atoms with Gasteiger partial charge in [0.25, 0.3) is 5.91 Å². The maximum absolute atomic E-state index is 12.6. The number of hydrogen-bond donors (Lipinski definition) is 3. The fourth-order valence-corrected chi connectivity index (χ4v) is 3.41. The Balaban J connectivity index is 1.49. The van der Waals surface area contributed by atoms with E-state index in [0.717, 1.165) is 25.0 Å². The van der Waals surface area contributed by atoms with Crippen LogP contribution in [0.3, 0.4) is 0 Å². The molecule has 0 radical (unpaired) electrons. The Morgan fingerprint density at radius 3 is 2.38 bits per heavy atom. The van der Waals surface area contributed by atoms with Crippen LogP contribution in [-0.2, 0) is 9.53 Å². The molecule has 0 aliphatic carbocycles. The molecule has 2 aromatic carbocycles. The quantitative estimate of drug-likeness (QED) is 0.550.